The molecule has 0 aliphatic carbocycles. The van der Waals surface area contributed by atoms with Crippen LogP contribution in [0.2, 0.25) is 0 Å². The molecule has 0 atom stereocenters. The van der Waals surface area contributed by atoms with Crippen molar-refractivity contribution in [3.05, 3.63) is 59.7 Å². The first-order chi connectivity index (χ1) is 15.3. The molecule has 8 heteroatoms. The van der Waals surface area contributed by atoms with Crippen LogP contribution in [0.15, 0.2) is 48.5 Å². The molecule has 0 aromatic heterocycles. The summed E-state index contributed by atoms with van der Waals surface area (Å²) in [6.45, 7) is 4.29. The van der Waals surface area contributed by atoms with Gasteiger partial charge in [0, 0.05) is 44.6 Å². The second-order valence-corrected chi connectivity index (χ2v) is 7.69. The average Bonchev–Trinajstić information content (AvgIpc) is 2.77. The summed E-state index contributed by atoms with van der Waals surface area (Å²) in [6.07, 6.45) is 1.53. The Hall–Kier alpha value is -3.68. The van der Waals surface area contributed by atoms with Crippen molar-refractivity contribution in [1.82, 2.24) is 10.2 Å². The molecule has 168 valence electrons. The van der Waals surface area contributed by atoms with Gasteiger partial charge in [-0.3, -0.25) is 19.2 Å². The van der Waals surface area contributed by atoms with Crippen molar-refractivity contribution >= 4 is 23.8 Å². The van der Waals surface area contributed by atoms with E-state index in [2.05, 4.69) is 5.32 Å². The van der Waals surface area contributed by atoms with Crippen LogP contribution < -0.4 is 14.8 Å². The van der Waals surface area contributed by atoms with E-state index < -0.39 is 11.9 Å². The Bertz CT molecular complexity index is 1010. The predicted molar refractivity (Wildman–Crippen MR) is 116 cm³/mol. The van der Waals surface area contributed by atoms with Crippen LogP contribution >= 0.6 is 0 Å². The van der Waals surface area contributed by atoms with Crippen LogP contribution in [0, 0.1) is 5.92 Å². The smallest absolute Gasteiger partial charge is 0.308 e. The molecule has 1 N–H and O–H groups in total. The van der Waals surface area contributed by atoms with E-state index in [1.807, 2.05) is 0 Å². The number of amides is 2. The summed E-state index contributed by atoms with van der Waals surface area (Å²) >= 11 is 0. The third-order valence-corrected chi connectivity index (χ3v) is 5.15. The maximum absolute atomic E-state index is 12.8. The summed E-state index contributed by atoms with van der Waals surface area (Å²) in [5, 5.41) is 2.92. The molecule has 0 spiro atoms. The van der Waals surface area contributed by atoms with Gasteiger partial charge in [0.2, 0.25) is 0 Å². The number of ether oxygens (including phenoxy) is 2. The molecule has 0 saturated carbocycles. The first-order valence-electron chi connectivity index (χ1n) is 10.5. The number of nitrogens with zero attached hydrogens (tertiary/aromatic N) is 1. The van der Waals surface area contributed by atoms with E-state index in [1.54, 1.807) is 47.4 Å². The molecule has 8 nitrogen and oxygen atoms in total. The first-order valence-corrected chi connectivity index (χ1v) is 10.5. The van der Waals surface area contributed by atoms with Crippen LogP contribution in [0.4, 0.5) is 0 Å². The largest absolute Gasteiger partial charge is 0.427 e. The van der Waals surface area contributed by atoms with E-state index in [-0.39, 0.29) is 17.7 Å². The average molecular weight is 438 g/mol. The van der Waals surface area contributed by atoms with Crippen molar-refractivity contribution in [3.8, 4) is 11.5 Å². The number of carbonyl (C=O) groups is 4. The first kappa shape index (κ1) is 23.0. The van der Waals surface area contributed by atoms with Gasteiger partial charge in [-0.1, -0.05) is 12.1 Å². The van der Waals surface area contributed by atoms with Crippen molar-refractivity contribution in [1.29, 1.82) is 0 Å². The van der Waals surface area contributed by atoms with Crippen molar-refractivity contribution in [2.75, 3.05) is 19.6 Å². The van der Waals surface area contributed by atoms with Crippen LogP contribution in [0.3, 0.4) is 0 Å². The highest BCUT2D eigenvalue weighted by Gasteiger charge is 2.24. The molecule has 1 aliphatic heterocycles. The summed E-state index contributed by atoms with van der Waals surface area (Å²) in [5.41, 5.74) is 0.896. The number of esters is 2. The van der Waals surface area contributed by atoms with Gasteiger partial charge in [-0.15, -0.1) is 0 Å². The molecule has 2 aromatic rings. The maximum atomic E-state index is 12.8. The van der Waals surface area contributed by atoms with Crippen LogP contribution in [0.25, 0.3) is 0 Å². The van der Waals surface area contributed by atoms with Crippen molar-refractivity contribution in [2.24, 2.45) is 5.92 Å². The Morgan fingerprint density at radius 1 is 0.875 bits per heavy atom. The highest BCUT2D eigenvalue weighted by Crippen LogP contribution is 2.21. The zero-order chi connectivity index (χ0) is 23.1. The fraction of sp³-hybridized carbons (Fsp3) is 0.333. The van der Waals surface area contributed by atoms with Gasteiger partial charge in [0.25, 0.3) is 11.8 Å². The minimum Gasteiger partial charge on any atom is -0.427 e. The molecule has 0 unspecified atom stereocenters. The number of nitrogens with one attached hydrogen (secondary N) is 1. The van der Waals surface area contributed by atoms with Crippen molar-refractivity contribution in [3.63, 3.8) is 0 Å². The monoisotopic (exact) mass is 438 g/mol. The molecule has 1 saturated heterocycles. The second kappa shape index (κ2) is 10.6. The van der Waals surface area contributed by atoms with Crippen LogP contribution in [0.5, 0.6) is 11.5 Å². The van der Waals surface area contributed by atoms with E-state index >= 15 is 0 Å². The van der Waals surface area contributed by atoms with E-state index in [4.69, 9.17) is 9.47 Å². The van der Waals surface area contributed by atoms with Crippen molar-refractivity contribution in [2.45, 2.75) is 26.7 Å². The highest BCUT2D eigenvalue weighted by molar-refractivity contribution is 5.95. The molecule has 1 heterocycles. The summed E-state index contributed by atoms with van der Waals surface area (Å²) in [7, 11) is 0. The lowest BCUT2D eigenvalue weighted by Crippen LogP contribution is -2.41. The fourth-order valence-electron chi connectivity index (χ4n) is 3.59. The van der Waals surface area contributed by atoms with E-state index in [0.29, 0.717) is 42.3 Å². The van der Waals surface area contributed by atoms with Gasteiger partial charge in [-0.05, 0) is 55.2 Å². The Morgan fingerprint density at radius 3 is 1.97 bits per heavy atom. The third kappa shape index (κ3) is 6.41. The van der Waals surface area contributed by atoms with E-state index in [9.17, 15) is 19.2 Å². The zero-order valence-electron chi connectivity index (χ0n) is 18.1. The molecular weight excluding hydrogens is 412 g/mol. The molecule has 1 fully saturated rings. The molecule has 1 aliphatic rings. The van der Waals surface area contributed by atoms with E-state index in [1.165, 1.54) is 19.9 Å². The number of piperidine rings is 1. The number of likely N-dealkylation sites (tertiary alicyclic amines) is 1. The van der Waals surface area contributed by atoms with Gasteiger partial charge in [-0.25, -0.2) is 0 Å². The predicted octanol–water partition coefficient (Wildman–Crippen LogP) is 2.82. The lowest BCUT2D eigenvalue weighted by atomic mass is 9.96. The number of hydrogen-bond acceptors (Lipinski definition) is 6. The SMILES string of the molecule is CC(=O)Oc1cccc(C(=O)NCC2CCN(C(=O)c3cccc(OC(C)=O)c3)CC2)c1. The zero-order valence-corrected chi connectivity index (χ0v) is 18.1. The second-order valence-electron chi connectivity index (χ2n) is 7.69. The third-order valence-electron chi connectivity index (χ3n) is 5.15. The molecular formula is C24H26N2O6. The lowest BCUT2D eigenvalue weighted by Gasteiger charge is -2.32. The van der Waals surface area contributed by atoms with Gasteiger partial charge < -0.3 is 19.7 Å². The fourth-order valence-corrected chi connectivity index (χ4v) is 3.59. The lowest BCUT2D eigenvalue weighted by molar-refractivity contribution is -0.132. The quantitative estimate of drug-likeness (QED) is 0.550. The Kier molecular flexibility index (Phi) is 7.59. The van der Waals surface area contributed by atoms with E-state index in [0.717, 1.165) is 12.8 Å². The summed E-state index contributed by atoms with van der Waals surface area (Å²) < 4.78 is 10.1. The Morgan fingerprint density at radius 2 is 1.41 bits per heavy atom. The van der Waals surface area contributed by atoms with Crippen LogP contribution in [0.1, 0.15) is 47.4 Å². The highest BCUT2D eigenvalue weighted by atomic mass is 16.5. The Labute approximate surface area is 186 Å². The number of benzene rings is 2. The molecule has 2 aromatic carbocycles. The maximum Gasteiger partial charge on any atom is 0.308 e. The molecule has 2 amide bonds. The standard InChI is InChI=1S/C24H26N2O6/c1-16(27)31-21-7-3-5-19(13-21)23(29)25-15-18-9-11-26(12-10-18)24(30)20-6-4-8-22(14-20)32-17(2)28/h3-8,13-14,18H,9-12,15H2,1-2H3,(H,25,29). The minimum atomic E-state index is -0.443. The van der Waals surface area contributed by atoms with Gasteiger partial charge in [-0.2, -0.15) is 0 Å². The molecule has 0 bridgehead atoms. The summed E-state index contributed by atoms with van der Waals surface area (Å²) in [4.78, 5) is 49.2. The number of hydrogen-bond donors (Lipinski definition) is 1. The van der Waals surface area contributed by atoms with Crippen LogP contribution in [-0.2, 0) is 9.59 Å². The summed E-state index contributed by atoms with van der Waals surface area (Å²) in [5.74, 6) is -0.290. The normalized spacial score (nSPS) is 13.9. The van der Waals surface area contributed by atoms with Gasteiger partial charge in [0.05, 0.1) is 0 Å². The minimum absolute atomic E-state index is 0.108. The van der Waals surface area contributed by atoms with Gasteiger partial charge in [0.15, 0.2) is 0 Å². The summed E-state index contributed by atoms with van der Waals surface area (Å²) in [6, 6.07) is 13.1. The number of carbonyl (C=O) groups excluding carboxylic acids is 4. The Balaban J connectivity index is 1.49. The molecule has 3 rings (SSSR count). The molecule has 32 heavy (non-hydrogen) atoms. The van der Waals surface area contributed by atoms with Gasteiger partial charge in [0.1, 0.15) is 11.5 Å². The molecule has 0 radical (unpaired) electrons. The van der Waals surface area contributed by atoms with Gasteiger partial charge >= 0.3 is 11.9 Å². The van der Waals surface area contributed by atoms with Crippen LogP contribution in [-0.4, -0.2) is 48.3 Å². The topological polar surface area (TPSA) is 102 Å². The van der Waals surface area contributed by atoms with Crippen molar-refractivity contribution < 1.29 is 28.7 Å². The number of rotatable bonds is 6.